The molecule has 25 heavy (non-hydrogen) atoms. The van der Waals surface area contributed by atoms with Crippen LogP contribution in [0.2, 0.25) is 10.0 Å². The van der Waals surface area contributed by atoms with Crippen molar-refractivity contribution in [3.8, 4) is 0 Å². The molecule has 0 aromatic heterocycles. The Kier molecular flexibility index (Phi) is 5.11. The second kappa shape index (κ2) is 7.29. The Morgan fingerprint density at radius 1 is 1.08 bits per heavy atom. The molecule has 1 N–H and O–H groups in total. The van der Waals surface area contributed by atoms with E-state index in [9.17, 15) is 14.9 Å². The molecule has 1 amide bonds. The van der Waals surface area contributed by atoms with Crippen LogP contribution >= 0.6 is 23.2 Å². The van der Waals surface area contributed by atoms with E-state index in [1.54, 1.807) is 12.1 Å². The van der Waals surface area contributed by atoms with Gasteiger partial charge in [0.25, 0.3) is 11.6 Å². The molecule has 6 nitrogen and oxygen atoms in total. The van der Waals surface area contributed by atoms with Crippen LogP contribution in [0.4, 0.5) is 17.1 Å². The average Bonchev–Trinajstić information content (AvgIpc) is 3.08. The Balaban J connectivity index is 1.77. The van der Waals surface area contributed by atoms with Crippen molar-refractivity contribution in [2.45, 2.75) is 12.8 Å². The second-order valence-electron chi connectivity index (χ2n) is 5.74. The highest BCUT2D eigenvalue weighted by molar-refractivity contribution is 6.35. The number of carbonyl (C=O) groups is 1. The molecule has 0 aliphatic carbocycles. The molecule has 3 rings (SSSR count). The van der Waals surface area contributed by atoms with E-state index in [2.05, 4.69) is 10.2 Å². The van der Waals surface area contributed by atoms with Gasteiger partial charge in [0.2, 0.25) is 0 Å². The molecule has 1 aliphatic heterocycles. The highest BCUT2D eigenvalue weighted by Gasteiger charge is 2.17. The maximum absolute atomic E-state index is 12.3. The first-order chi connectivity index (χ1) is 12.0. The van der Waals surface area contributed by atoms with Crippen molar-refractivity contribution in [1.29, 1.82) is 0 Å². The van der Waals surface area contributed by atoms with Gasteiger partial charge in [-0.2, -0.15) is 0 Å². The Morgan fingerprint density at radius 3 is 2.40 bits per heavy atom. The van der Waals surface area contributed by atoms with Gasteiger partial charge in [-0.05, 0) is 37.1 Å². The maximum atomic E-state index is 12.3. The summed E-state index contributed by atoms with van der Waals surface area (Å²) in [6.07, 6.45) is 2.29. The lowest BCUT2D eigenvalue weighted by Crippen LogP contribution is -2.18. The highest BCUT2D eigenvalue weighted by atomic mass is 35.5. The van der Waals surface area contributed by atoms with Gasteiger partial charge >= 0.3 is 0 Å². The van der Waals surface area contributed by atoms with Gasteiger partial charge in [0.1, 0.15) is 0 Å². The van der Waals surface area contributed by atoms with Crippen LogP contribution in [0.15, 0.2) is 36.4 Å². The maximum Gasteiger partial charge on any atom is 0.270 e. The molecular weight excluding hydrogens is 365 g/mol. The molecule has 2 aromatic carbocycles. The average molecular weight is 380 g/mol. The van der Waals surface area contributed by atoms with Crippen LogP contribution in [0.25, 0.3) is 0 Å². The van der Waals surface area contributed by atoms with Gasteiger partial charge in [-0.25, -0.2) is 0 Å². The zero-order chi connectivity index (χ0) is 18.0. The fraction of sp³-hybridized carbons (Fsp3) is 0.235. The molecule has 1 saturated heterocycles. The van der Waals surface area contributed by atoms with E-state index in [-0.39, 0.29) is 16.3 Å². The summed E-state index contributed by atoms with van der Waals surface area (Å²) in [6.45, 7) is 1.95. The minimum absolute atomic E-state index is 0.0199. The summed E-state index contributed by atoms with van der Waals surface area (Å²) in [7, 11) is 0. The Hall–Kier alpha value is -2.31. The number of benzene rings is 2. The zero-order valence-corrected chi connectivity index (χ0v) is 14.7. The Labute approximate surface area is 154 Å². The molecule has 0 bridgehead atoms. The summed E-state index contributed by atoms with van der Waals surface area (Å²) in [5.74, 6) is -0.454. The van der Waals surface area contributed by atoms with E-state index in [0.717, 1.165) is 37.7 Å². The van der Waals surface area contributed by atoms with Gasteiger partial charge in [-0.1, -0.05) is 23.2 Å². The molecular formula is C17H15Cl2N3O3. The smallest absolute Gasteiger partial charge is 0.270 e. The third-order valence-electron chi connectivity index (χ3n) is 4.06. The van der Waals surface area contributed by atoms with Crippen molar-refractivity contribution in [3.05, 3.63) is 62.1 Å². The predicted molar refractivity (Wildman–Crippen MR) is 99.0 cm³/mol. The van der Waals surface area contributed by atoms with E-state index in [4.69, 9.17) is 23.2 Å². The molecule has 0 atom stereocenters. The lowest BCUT2D eigenvalue weighted by atomic mass is 10.2. The van der Waals surface area contributed by atoms with Crippen molar-refractivity contribution in [2.24, 2.45) is 0 Å². The summed E-state index contributed by atoms with van der Waals surface area (Å²) in [5.41, 5.74) is 1.48. The molecule has 130 valence electrons. The van der Waals surface area contributed by atoms with Crippen LogP contribution in [0, 0.1) is 10.1 Å². The number of nitro groups is 1. The minimum Gasteiger partial charge on any atom is -0.370 e. The van der Waals surface area contributed by atoms with E-state index >= 15 is 0 Å². The summed E-state index contributed by atoms with van der Waals surface area (Å²) in [4.78, 5) is 24.7. The van der Waals surface area contributed by atoms with Crippen molar-refractivity contribution in [3.63, 3.8) is 0 Å². The number of non-ortho nitro benzene ring substituents is 1. The first-order valence-electron chi connectivity index (χ1n) is 7.75. The van der Waals surface area contributed by atoms with Gasteiger partial charge in [-0.15, -0.1) is 0 Å². The molecule has 0 unspecified atom stereocenters. The molecule has 1 aliphatic rings. The highest BCUT2D eigenvalue weighted by Crippen LogP contribution is 2.31. The van der Waals surface area contributed by atoms with Crippen LogP contribution < -0.4 is 10.2 Å². The second-order valence-corrected chi connectivity index (χ2v) is 6.55. The number of carbonyl (C=O) groups excluding carboxylic acids is 1. The first-order valence-corrected chi connectivity index (χ1v) is 8.51. The van der Waals surface area contributed by atoms with Gasteiger partial charge in [-0.3, -0.25) is 14.9 Å². The summed E-state index contributed by atoms with van der Waals surface area (Å²) in [6, 6.07) is 9.06. The normalized spacial score (nSPS) is 13.8. The third kappa shape index (κ3) is 3.86. The largest absolute Gasteiger partial charge is 0.370 e. The number of nitro benzene ring substituents is 1. The van der Waals surface area contributed by atoms with Gasteiger partial charge in [0.15, 0.2) is 0 Å². The molecule has 1 fully saturated rings. The quantitative estimate of drug-likeness (QED) is 0.613. The summed E-state index contributed by atoms with van der Waals surface area (Å²) < 4.78 is 0. The SMILES string of the molecule is O=C(Nc1ccc(N2CCCC2)c(Cl)c1)c1ccc([N+](=O)[O-])cc1Cl. The Bertz CT molecular complexity index is 836. The van der Waals surface area contributed by atoms with Crippen molar-refractivity contribution in [2.75, 3.05) is 23.3 Å². The van der Waals surface area contributed by atoms with Crippen molar-refractivity contribution < 1.29 is 9.72 Å². The monoisotopic (exact) mass is 379 g/mol. The lowest BCUT2D eigenvalue weighted by molar-refractivity contribution is -0.384. The van der Waals surface area contributed by atoms with E-state index in [0.29, 0.717) is 10.7 Å². The molecule has 0 spiro atoms. The topological polar surface area (TPSA) is 75.5 Å². The van der Waals surface area contributed by atoms with E-state index < -0.39 is 10.8 Å². The fourth-order valence-electron chi connectivity index (χ4n) is 2.80. The van der Waals surface area contributed by atoms with E-state index in [1.165, 1.54) is 12.1 Å². The molecule has 0 saturated carbocycles. The van der Waals surface area contributed by atoms with Gasteiger partial charge in [0.05, 0.1) is 26.2 Å². The molecule has 2 aromatic rings. The van der Waals surface area contributed by atoms with Gasteiger partial charge < -0.3 is 10.2 Å². The number of anilines is 2. The summed E-state index contributed by atoms with van der Waals surface area (Å²) in [5, 5.41) is 14.0. The van der Waals surface area contributed by atoms with Gasteiger partial charge in [0, 0.05) is 30.9 Å². The number of rotatable bonds is 4. The Morgan fingerprint density at radius 2 is 1.80 bits per heavy atom. The molecule has 8 heteroatoms. The number of amides is 1. The van der Waals surface area contributed by atoms with Crippen molar-refractivity contribution >= 4 is 46.2 Å². The molecule has 0 radical (unpaired) electrons. The van der Waals surface area contributed by atoms with Crippen LogP contribution in [-0.4, -0.2) is 23.9 Å². The molecule has 1 heterocycles. The minimum atomic E-state index is -0.565. The summed E-state index contributed by atoms with van der Waals surface area (Å²) >= 11 is 12.3. The van der Waals surface area contributed by atoms with Crippen LogP contribution in [0.3, 0.4) is 0 Å². The van der Waals surface area contributed by atoms with E-state index in [1.807, 2.05) is 6.07 Å². The standard InChI is InChI=1S/C17H15Cl2N3O3/c18-14-10-12(22(24)25)4-5-13(14)17(23)20-11-3-6-16(15(19)9-11)21-7-1-2-8-21/h3-6,9-10H,1-2,7-8H2,(H,20,23). The number of hydrogen-bond acceptors (Lipinski definition) is 4. The first kappa shape index (κ1) is 17.5. The van der Waals surface area contributed by atoms with Crippen molar-refractivity contribution in [1.82, 2.24) is 0 Å². The fourth-order valence-corrected chi connectivity index (χ4v) is 3.36. The number of nitrogens with one attached hydrogen (secondary N) is 1. The lowest BCUT2D eigenvalue weighted by Gasteiger charge is -2.19. The number of hydrogen-bond donors (Lipinski definition) is 1. The van der Waals surface area contributed by atoms with Crippen LogP contribution in [0.5, 0.6) is 0 Å². The van der Waals surface area contributed by atoms with Crippen LogP contribution in [-0.2, 0) is 0 Å². The third-order valence-corrected chi connectivity index (χ3v) is 4.68. The number of nitrogens with zero attached hydrogens (tertiary/aromatic N) is 2. The van der Waals surface area contributed by atoms with Crippen LogP contribution in [0.1, 0.15) is 23.2 Å². The zero-order valence-electron chi connectivity index (χ0n) is 13.2. The number of halogens is 2. The predicted octanol–water partition coefficient (Wildman–Crippen LogP) is 4.75.